The van der Waals surface area contributed by atoms with E-state index >= 15 is 0 Å². The summed E-state index contributed by atoms with van der Waals surface area (Å²) in [7, 11) is 0. The number of carbonyl (C=O) groups is 1. The molecule has 0 saturated heterocycles. The third kappa shape index (κ3) is 5.49. The van der Waals surface area contributed by atoms with E-state index in [0.29, 0.717) is 6.42 Å². The number of unbranched alkanes of at least 4 members (excludes halogenated alkanes) is 1. The van der Waals surface area contributed by atoms with Crippen LogP contribution in [-0.4, -0.2) is 17.4 Å². The highest BCUT2D eigenvalue weighted by molar-refractivity contribution is 5.75. The lowest BCUT2D eigenvalue weighted by atomic mass is 10.2. The van der Waals surface area contributed by atoms with E-state index in [2.05, 4.69) is 17.2 Å². The summed E-state index contributed by atoms with van der Waals surface area (Å²) < 4.78 is 0. The molecular weight excluding hydrogens is 200 g/mol. The van der Waals surface area contributed by atoms with E-state index in [1.807, 2.05) is 18.2 Å². The Bertz CT molecular complexity index is 298. The SMILES string of the molecule is CCCCC(=O)NCCCc1ccccn1. The lowest BCUT2D eigenvalue weighted by Gasteiger charge is -2.04. The van der Waals surface area contributed by atoms with Gasteiger partial charge in [-0.2, -0.15) is 0 Å². The van der Waals surface area contributed by atoms with Crippen molar-refractivity contribution in [1.82, 2.24) is 10.3 Å². The number of aryl methyl sites for hydroxylation is 1. The molecule has 0 fully saturated rings. The summed E-state index contributed by atoms with van der Waals surface area (Å²) in [6, 6.07) is 5.91. The van der Waals surface area contributed by atoms with Gasteiger partial charge in [-0.25, -0.2) is 0 Å². The van der Waals surface area contributed by atoms with Crippen molar-refractivity contribution in [3.63, 3.8) is 0 Å². The first-order valence-electron chi connectivity index (χ1n) is 5.99. The molecule has 3 nitrogen and oxygen atoms in total. The molecule has 0 bridgehead atoms. The minimum absolute atomic E-state index is 0.169. The third-order valence-electron chi connectivity index (χ3n) is 2.42. The largest absolute Gasteiger partial charge is 0.356 e. The van der Waals surface area contributed by atoms with Gasteiger partial charge < -0.3 is 5.32 Å². The van der Waals surface area contributed by atoms with Gasteiger partial charge in [-0.15, -0.1) is 0 Å². The van der Waals surface area contributed by atoms with Gasteiger partial charge in [0.15, 0.2) is 0 Å². The Morgan fingerprint density at radius 1 is 1.38 bits per heavy atom. The molecule has 16 heavy (non-hydrogen) atoms. The number of nitrogens with one attached hydrogen (secondary N) is 1. The zero-order chi connectivity index (χ0) is 11.6. The Kier molecular flexibility index (Phi) is 6.23. The highest BCUT2D eigenvalue weighted by atomic mass is 16.1. The number of nitrogens with zero attached hydrogens (tertiary/aromatic N) is 1. The van der Waals surface area contributed by atoms with Crippen molar-refractivity contribution in [3.8, 4) is 0 Å². The number of hydrogen-bond donors (Lipinski definition) is 1. The summed E-state index contributed by atoms with van der Waals surface area (Å²) >= 11 is 0. The van der Waals surface area contributed by atoms with E-state index in [-0.39, 0.29) is 5.91 Å². The normalized spacial score (nSPS) is 10.1. The average Bonchev–Trinajstić information content (AvgIpc) is 2.33. The molecule has 0 aromatic carbocycles. The molecule has 1 heterocycles. The van der Waals surface area contributed by atoms with Gasteiger partial charge in [0.1, 0.15) is 0 Å². The summed E-state index contributed by atoms with van der Waals surface area (Å²) in [4.78, 5) is 15.5. The third-order valence-corrected chi connectivity index (χ3v) is 2.42. The molecule has 0 saturated carbocycles. The van der Waals surface area contributed by atoms with Crippen LogP contribution in [0.2, 0.25) is 0 Å². The second kappa shape index (κ2) is 7.85. The van der Waals surface area contributed by atoms with Crippen LogP contribution >= 0.6 is 0 Å². The first-order chi connectivity index (χ1) is 7.83. The number of pyridine rings is 1. The molecule has 0 aliphatic carbocycles. The van der Waals surface area contributed by atoms with Crippen molar-refractivity contribution in [1.29, 1.82) is 0 Å². The van der Waals surface area contributed by atoms with Gasteiger partial charge in [-0.3, -0.25) is 9.78 Å². The Hall–Kier alpha value is -1.38. The van der Waals surface area contributed by atoms with Crippen LogP contribution < -0.4 is 5.32 Å². The zero-order valence-corrected chi connectivity index (χ0v) is 9.91. The van der Waals surface area contributed by atoms with Crippen molar-refractivity contribution >= 4 is 5.91 Å². The quantitative estimate of drug-likeness (QED) is 0.716. The number of amides is 1. The Morgan fingerprint density at radius 2 is 2.25 bits per heavy atom. The fraction of sp³-hybridized carbons (Fsp3) is 0.538. The fourth-order valence-electron chi connectivity index (χ4n) is 1.47. The zero-order valence-electron chi connectivity index (χ0n) is 9.91. The Balaban J connectivity index is 2.06. The Morgan fingerprint density at radius 3 is 2.94 bits per heavy atom. The minimum Gasteiger partial charge on any atom is -0.356 e. The molecule has 1 amide bonds. The van der Waals surface area contributed by atoms with Crippen molar-refractivity contribution < 1.29 is 4.79 Å². The van der Waals surface area contributed by atoms with E-state index in [4.69, 9.17) is 0 Å². The second-order valence-corrected chi connectivity index (χ2v) is 3.88. The molecule has 0 radical (unpaired) electrons. The van der Waals surface area contributed by atoms with Gasteiger partial charge in [0, 0.05) is 24.9 Å². The number of aromatic nitrogens is 1. The summed E-state index contributed by atoms with van der Waals surface area (Å²) in [6.45, 7) is 2.84. The molecular formula is C13H20N2O. The predicted octanol–water partition coefficient (Wildman–Crippen LogP) is 2.32. The first kappa shape index (κ1) is 12.7. The van der Waals surface area contributed by atoms with Crippen molar-refractivity contribution in [2.45, 2.75) is 39.0 Å². The molecule has 1 N–H and O–H groups in total. The van der Waals surface area contributed by atoms with Crippen LogP contribution in [0.25, 0.3) is 0 Å². The van der Waals surface area contributed by atoms with Gasteiger partial charge in [-0.1, -0.05) is 19.4 Å². The lowest BCUT2D eigenvalue weighted by molar-refractivity contribution is -0.121. The van der Waals surface area contributed by atoms with E-state index in [1.54, 1.807) is 6.20 Å². The highest BCUT2D eigenvalue weighted by Crippen LogP contribution is 1.98. The smallest absolute Gasteiger partial charge is 0.219 e. The van der Waals surface area contributed by atoms with Gasteiger partial charge in [-0.05, 0) is 31.4 Å². The maximum atomic E-state index is 11.3. The number of carbonyl (C=O) groups excluding carboxylic acids is 1. The minimum atomic E-state index is 0.169. The molecule has 3 heteroatoms. The van der Waals surface area contributed by atoms with E-state index in [0.717, 1.165) is 37.9 Å². The van der Waals surface area contributed by atoms with E-state index in [9.17, 15) is 4.79 Å². The van der Waals surface area contributed by atoms with Crippen LogP contribution in [-0.2, 0) is 11.2 Å². The van der Waals surface area contributed by atoms with Crippen LogP contribution in [0, 0.1) is 0 Å². The van der Waals surface area contributed by atoms with Crippen molar-refractivity contribution in [2.24, 2.45) is 0 Å². The van der Waals surface area contributed by atoms with E-state index < -0.39 is 0 Å². The van der Waals surface area contributed by atoms with Gasteiger partial charge in [0.05, 0.1) is 0 Å². The molecule has 1 aromatic rings. The maximum Gasteiger partial charge on any atom is 0.219 e. The molecule has 88 valence electrons. The van der Waals surface area contributed by atoms with E-state index in [1.165, 1.54) is 0 Å². The summed E-state index contributed by atoms with van der Waals surface area (Å²) in [5.74, 6) is 0.169. The standard InChI is InChI=1S/C13H20N2O/c1-2-3-9-13(16)15-11-6-8-12-7-4-5-10-14-12/h4-5,7,10H,2-3,6,8-9,11H2,1H3,(H,15,16). The molecule has 1 rings (SSSR count). The van der Waals surface area contributed by atoms with Crippen LogP contribution in [0.15, 0.2) is 24.4 Å². The average molecular weight is 220 g/mol. The van der Waals surface area contributed by atoms with Gasteiger partial charge >= 0.3 is 0 Å². The second-order valence-electron chi connectivity index (χ2n) is 3.88. The molecule has 0 atom stereocenters. The molecule has 0 aliphatic rings. The van der Waals surface area contributed by atoms with Crippen LogP contribution in [0.5, 0.6) is 0 Å². The molecule has 0 unspecified atom stereocenters. The fourth-order valence-corrected chi connectivity index (χ4v) is 1.47. The summed E-state index contributed by atoms with van der Waals surface area (Å²) in [5.41, 5.74) is 1.09. The molecule has 1 aromatic heterocycles. The number of hydrogen-bond acceptors (Lipinski definition) is 2. The van der Waals surface area contributed by atoms with Gasteiger partial charge in [0.2, 0.25) is 5.91 Å². The van der Waals surface area contributed by atoms with Crippen LogP contribution in [0.1, 0.15) is 38.3 Å². The molecule has 0 spiro atoms. The number of rotatable bonds is 7. The van der Waals surface area contributed by atoms with Crippen LogP contribution in [0.4, 0.5) is 0 Å². The van der Waals surface area contributed by atoms with Gasteiger partial charge in [0.25, 0.3) is 0 Å². The monoisotopic (exact) mass is 220 g/mol. The molecule has 0 aliphatic heterocycles. The van der Waals surface area contributed by atoms with Crippen molar-refractivity contribution in [3.05, 3.63) is 30.1 Å². The van der Waals surface area contributed by atoms with Crippen LogP contribution in [0.3, 0.4) is 0 Å². The predicted molar refractivity (Wildman–Crippen MR) is 65.1 cm³/mol. The topological polar surface area (TPSA) is 42.0 Å². The first-order valence-corrected chi connectivity index (χ1v) is 5.99. The van der Waals surface area contributed by atoms with Crippen molar-refractivity contribution in [2.75, 3.05) is 6.54 Å². The summed E-state index contributed by atoms with van der Waals surface area (Å²) in [5, 5.41) is 2.92. The summed E-state index contributed by atoms with van der Waals surface area (Å²) in [6.07, 6.45) is 6.38. The maximum absolute atomic E-state index is 11.3. The Labute approximate surface area is 97.3 Å². The lowest BCUT2D eigenvalue weighted by Crippen LogP contribution is -2.24. The highest BCUT2D eigenvalue weighted by Gasteiger charge is 1.99.